The lowest BCUT2D eigenvalue weighted by Gasteiger charge is -2.30. The second-order valence-corrected chi connectivity index (χ2v) is 7.71. The minimum atomic E-state index is -4.48. The summed E-state index contributed by atoms with van der Waals surface area (Å²) < 4.78 is 43.8. The van der Waals surface area contributed by atoms with Crippen molar-refractivity contribution in [1.82, 2.24) is 15.2 Å². The number of rotatable bonds is 8. The molecular formula is C22H26F3N3O4. The zero-order valence-corrected chi connectivity index (χ0v) is 17.5. The fourth-order valence-corrected chi connectivity index (χ4v) is 3.78. The smallest absolute Gasteiger partial charge is 0.394 e. The molecule has 1 aromatic heterocycles. The third-order valence-corrected chi connectivity index (χ3v) is 5.54. The Kier molecular flexibility index (Phi) is 7.83. The van der Waals surface area contributed by atoms with Crippen molar-refractivity contribution < 1.29 is 32.9 Å². The highest BCUT2D eigenvalue weighted by Gasteiger charge is 2.45. The van der Waals surface area contributed by atoms with Gasteiger partial charge in [-0.2, -0.15) is 13.2 Å². The van der Waals surface area contributed by atoms with Gasteiger partial charge in [-0.1, -0.05) is 6.07 Å². The molecule has 1 saturated heterocycles. The molecule has 2 heterocycles. The molecule has 0 saturated carbocycles. The van der Waals surface area contributed by atoms with Gasteiger partial charge in [0.15, 0.2) is 0 Å². The van der Waals surface area contributed by atoms with E-state index in [-0.39, 0.29) is 18.7 Å². The SMILES string of the molecule is CN(CCc1ccccn1)C1C(CNC(=O)c2ccc(C(F)(F)F)cc2)OC(CO)C1O. The Hall–Kier alpha value is -2.53. The fourth-order valence-electron chi connectivity index (χ4n) is 3.78. The van der Waals surface area contributed by atoms with Crippen LogP contribution >= 0.6 is 0 Å². The van der Waals surface area contributed by atoms with Crippen LogP contribution in [-0.4, -0.2) is 77.1 Å². The lowest BCUT2D eigenvalue weighted by atomic mass is 10.0. The van der Waals surface area contributed by atoms with Crippen LogP contribution < -0.4 is 5.32 Å². The molecule has 1 amide bonds. The highest BCUT2D eigenvalue weighted by atomic mass is 19.4. The number of alkyl halides is 3. The predicted octanol–water partition coefficient (Wildman–Crippen LogP) is 1.49. The molecule has 0 bridgehead atoms. The number of likely N-dealkylation sites (N-methyl/N-ethyl adjacent to an activating group) is 1. The summed E-state index contributed by atoms with van der Waals surface area (Å²) in [7, 11) is 1.81. The average molecular weight is 453 g/mol. The number of halogens is 3. The molecule has 1 aromatic carbocycles. The molecule has 10 heteroatoms. The number of aliphatic hydroxyl groups is 2. The van der Waals surface area contributed by atoms with Crippen molar-refractivity contribution in [2.75, 3.05) is 26.7 Å². The van der Waals surface area contributed by atoms with Gasteiger partial charge in [0.05, 0.1) is 24.3 Å². The standard InChI is InChI=1S/C22H26F3N3O4/c1-28(11-9-16-4-2-3-10-26-16)19-17(32-18(13-29)20(19)30)12-27-21(31)14-5-7-15(8-6-14)22(23,24)25/h2-8,10,17-20,29-30H,9,11-13H2,1H3,(H,27,31). The number of carbonyl (C=O) groups excluding carboxylic acids is 1. The Balaban J connectivity index is 1.61. The molecule has 3 N–H and O–H groups in total. The molecule has 0 spiro atoms. The van der Waals surface area contributed by atoms with Crippen LogP contribution in [0.1, 0.15) is 21.6 Å². The lowest BCUT2D eigenvalue weighted by molar-refractivity contribution is -0.137. The zero-order chi connectivity index (χ0) is 23.3. The van der Waals surface area contributed by atoms with E-state index in [9.17, 15) is 28.2 Å². The van der Waals surface area contributed by atoms with Gasteiger partial charge in [-0.3, -0.25) is 14.7 Å². The van der Waals surface area contributed by atoms with Gasteiger partial charge in [-0.25, -0.2) is 0 Å². The van der Waals surface area contributed by atoms with E-state index in [1.165, 1.54) is 0 Å². The molecule has 32 heavy (non-hydrogen) atoms. The maximum absolute atomic E-state index is 12.7. The van der Waals surface area contributed by atoms with Crippen molar-refractivity contribution in [1.29, 1.82) is 0 Å². The molecule has 3 rings (SSSR count). The summed E-state index contributed by atoms with van der Waals surface area (Å²) in [4.78, 5) is 18.6. The van der Waals surface area contributed by atoms with E-state index in [0.717, 1.165) is 30.0 Å². The van der Waals surface area contributed by atoms with Crippen LogP contribution in [0.2, 0.25) is 0 Å². The van der Waals surface area contributed by atoms with E-state index in [1.807, 2.05) is 30.1 Å². The number of amides is 1. The number of aliphatic hydroxyl groups excluding tert-OH is 2. The van der Waals surface area contributed by atoms with E-state index < -0.39 is 42.0 Å². The number of hydrogen-bond acceptors (Lipinski definition) is 6. The third-order valence-electron chi connectivity index (χ3n) is 5.54. The Morgan fingerprint density at radius 2 is 1.91 bits per heavy atom. The Bertz CT molecular complexity index is 880. The van der Waals surface area contributed by atoms with Gasteiger partial charge in [0.2, 0.25) is 0 Å². The summed E-state index contributed by atoms with van der Waals surface area (Å²) in [6.45, 7) is 0.199. The lowest BCUT2D eigenvalue weighted by Crippen LogP contribution is -2.50. The summed E-state index contributed by atoms with van der Waals surface area (Å²) in [5, 5.41) is 22.8. The van der Waals surface area contributed by atoms with Crippen LogP contribution in [0.15, 0.2) is 48.7 Å². The first-order valence-corrected chi connectivity index (χ1v) is 10.2. The molecule has 0 aliphatic carbocycles. The van der Waals surface area contributed by atoms with Crippen LogP contribution in [-0.2, 0) is 17.3 Å². The van der Waals surface area contributed by atoms with E-state index in [4.69, 9.17) is 4.74 Å². The van der Waals surface area contributed by atoms with Gasteiger partial charge < -0.3 is 20.3 Å². The van der Waals surface area contributed by atoms with Crippen LogP contribution in [0.5, 0.6) is 0 Å². The van der Waals surface area contributed by atoms with Gasteiger partial charge in [-0.15, -0.1) is 0 Å². The Morgan fingerprint density at radius 1 is 1.19 bits per heavy atom. The number of carbonyl (C=O) groups is 1. The molecule has 2 aromatic rings. The second kappa shape index (κ2) is 10.4. The van der Waals surface area contributed by atoms with Crippen LogP contribution in [0.25, 0.3) is 0 Å². The van der Waals surface area contributed by atoms with Crippen LogP contribution in [0.3, 0.4) is 0 Å². The molecule has 7 nitrogen and oxygen atoms in total. The van der Waals surface area contributed by atoms with Crippen LogP contribution in [0.4, 0.5) is 13.2 Å². The topological polar surface area (TPSA) is 94.9 Å². The van der Waals surface area contributed by atoms with Gasteiger partial charge >= 0.3 is 6.18 Å². The number of nitrogens with one attached hydrogen (secondary N) is 1. The second-order valence-electron chi connectivity index (χ2n) is 7.71. The number of nitrogens with zero attached hydrogens (tertiary/aromatic N) is 2. The first-order chi connectivity index (χ1) is 15.2. The number of aromatic nitrogens is 1. The average Bonchev–Trinajstić information content (AvgIpc) is 3.11. The van der Waals surface area contributed by atoms with Crippen molar-refractivity contribution in [3.05, 3.63) is 65.5 Å². The fraction of sp³-hybridized carbons (Fsp3) is 0.455. The monoisotopic (exact) mass is 453 g/mol. The summed E-state index contributed by atoms with van der Waals surface area (Å²) in [5.74, 6) is -0.556. The quantitative estimate of drug-likeness (QED) is 0.561. The van der Waals surface area contributed by atoms with Gasteiger partial charge in [0, 0.05) is 37.0 Å². The van der Waals surface area contributed by atoms with Crippen molar-refractivity contribution in [3.8, 4) is 0 Å². The number of hydrogen-bond donors (Lipinski definition) is 3. The largest absolute Gasteiger partial charge is 0.416 e. The summed E-state index contributed by atoms with van der Waals surface area (Å²) in [5.41, 5.74) is 0.130. The number of pyridine rings is 1. The van der Waals surface area contributed by atoms with Gasteiger partial charge in [0.1, 0.15) is 12.2 Å². The third kappa shape index (κ3) is 5.83. The van der Waals surface area contributed by atoms with E-state index in [0.29, 0.717) is 13.0 Å². The molecule has 1 aliphatic heterocycles. The van der Waals surface area contributed by atoms with E-state index in [2.05, 4.69) is 10.3 Å². The first-order valence-electron chi connectivity index (χ1n) is 10.2. The molecule has 0 radical (unpaired) electrons. The van der Waals surface area contributed by atoms with E-state index in [1.54, 1.807) is 6.20 Å². The highest BCUT2D eigenvalue weighted by Crippen LogP contribution is 2.29. The number of benzene rings is 1. The van der Waals surface area contributed by atoms with Crippen molar-refractivity contribution in [3.63, 3.8) is 0 Å². The maximum Gasteiger partial charge on any atom is 0.416 e. The summed E-state index contributed by atoms with van der Waals surface area (Å²) >= 11 is 0. The molecular weight excluding hydrogens is 427 g/mol. The number of ether oxygens (including phenoxy) is 1. The molecule has 1 fully saturated rings. The van der Waals surface area contributed by atoms with Gasteiger partial charge in [-0.05, 0) is 43.4 Å². The normalized spacial score (nSPS) is 23.5. The maximum atomic E-state index is 12.7. The van der Waals surface area contributed by atoms with Gasteiger partial charge in [0.25, 0.3) is 5.91 Å². The summed E-state index contributed by atoms with van der Waals surface area (Å²) in [6, 6.07) is 9.02. The molecule has 4 unspecified atom stereocenters. The zero-order valence-electron chi connectivity index (χ0n) is 17.5. The Morgan fingerprint density at radius 3 is 2.50 bits per heavy atom. The minimum absolute atomic E-state index is 0.0199. The highest BCUT2D eigenvalue weighted by molar-refractivity contribution is 5.94. The van der Waals surface area contributed by atoms with E-state index >= 15 is 0 Å². The molecule has 4 atom stereocenters. The van der Waals surface area contributed by atoms with Crippen molar-refractivity contribution in [2.45, 2.75) is 37.0 Å². The first kappa shape index (κ1) is 24.1. The predicted molar refractivity (Wildman–Crippen MR) is 110 cm³/mol. The van der Waals surface area contributed by atoms with Crippen molar-refractivity contribution in [2.24, 2.45) is 0 Å². The van der Waals surface area contributed by atoms with Crippen molar-refractivity contribution >= 4 is 5.91 Å². The van der Waals surface area contributed by atoms with Crippen LogP contribution in [0, 0.1) is 0 Å². The molecule has 174 valence electrons. The molecule has 1 aliphatic rings. The summed E-state index contributed by atoms with van der Waals surface area (Å²) in [6.07, 6.45) is -4.53. The minimum Gasteiger partial charge on any atom is -0.394 e. The Labute approximate surface area is 183 Å².